The average molecular weight is 533 g/mol. The van der Waals surface area contributed by atoms with E-state index in [9.17, 15) is 19.2 Å². The van der Waals surface area contributed by atoms with Crippen LogP contribution >= 0.6 is 0 Å². The van der Waals surface area contributed by atoms with Crippen LogP contribution in [0.15, 0.2) is 42.7 Å². The molecular weight excluding hydrogens is 484 g/mol. The van der Waals surface area contributed by atoms with Crippen molar-refractivity contribution in [2.45, 2.75) is 104 Å². The first-order valence-electron chi connectivity index (χ1n) is 13.5. The zero-order valence-electron chi connectivity index (χ0n) is 24.0. The molecule has 3 atom stereocenters. The number of amides is 3. The maximum atomic E-state index is 13.3. The molecule has 0 heterocycles. The molecule has 1 aromatic rings. The lowest BCUT2D eigenvalue weighted by Crippen LogP contribution is -2.55. The van der Waals surface area contributed by atoms with Crippen LogP contribution in [-0.2, 0) is 30.3 Å². The summed E-state index contributed by atoms with van der Waals surface area (Å²) in [6.07, 6.45) is 2.39. The maximum absolute atomic E-state index is 13.3. The molecule has 0 bridgehead atoms. The van der Waals surface area contributed by atoms with Crippen LogP contribution in [0.5, 0.6) is 0 Å². The summed E-state index contributed by atoms with van der Waals surface area (Å²) in [7, 11) is 0. The zero-order valence-corrected chi connectivity index (χ0v) is 24.0. The second kappa shape index (κ2) is 19.9. The van der Waals surface area contributed by atoms with Crippen molar-refractivity contribution in [2.75, 3.05) is 6.54 Å². The highest BCUT2D eigenvalue weighted by Crippen LogP contribution is 2.13. The van der Waals surface area contributed by atoms with Gasteiger partial charge in [-0.15, -0.1) is 0 Å². The topological polar surface area (TPSA) is 140 Å². The van der Waals surface area contributed by atoms with Gasteiger partial charge in [-0.05, 0) is 58.6 Å². The summed E-state index contributed by atoms with van der Waals surface area (Å²) in [5, 5.41) is 8.38. The summed E-state index contributed by atoms with van der Waals surface area (Å²) in [4.78, 5) is 49.8. The number of nitrogens with one attached hydrogen (secondary N) is 3. The average Bonchev–Trinajstić information content (AvgIpc) is 2.86. The third-order valence-electron chi connectivity index (χ3n) is 5.43. The number of hydrogen-bond donors (Lipinski definition) is 4. The highest BCUT2D eigenvalue weighted by atomic mass is 16.5. The van der Waals surface area contributed by atoms with E-state index < -0.39 is 29.9 Å². The lowest BCUT2D eigenvalue weighted by Gasteiger charge is -2.27. The van der Waals surface area contributed by atoms with E-state index in [-0.39, 0.29) is 30.6 Å². The standard InChI is InChI=1S/C27H42N4O5.C2H6/c1-18(2)36-20(4)23(15-14-19(3)32)30-26(34)24(13-9-10-16-28)31-27(35)25(29-21(5)33)17-22-11-7-6-8-12-22;1-2/h6-8,11-12,18,23-25H,4,9-10,13-17,28H2,1-3,5H3,(H,29,33)(H,30,34)(H,31,35);1-2H3/t23?,24-,25?;/m0./s1. The van der Waals surface area contributed by atoms with E-state index in [0.29, 0.717) is 38.0 Å². The van der Waals surface area contributed by atoms with Gasteiger partial charge in [0.05, 0.1) is 12.1 Å². The van der Waals surface area contributed by atoms with Gasteiger partial charge >= 0.3 is 0 Å². The van der Waals surface area contributed by atoms with Crippen LogP contribution in [-0.4, -0.2) is 54.3 Å². The Morgan fingerprint density at radius 1 is 0.868 bits per heavy atom. The Morgan fingerprint density at radius 3 is 1.97 bits per heavy atom. The summed E-state index contributed by atoms with van der Waals surface area (Å²) in [6.45, 7) is 14.9. The molecule has 1 rings (SSSR count). The number of unbranched alkanes of at least 4 members (excludes halogenated alkanes) is 1. The van der Waals surface area contributed by atoms with Crippen molar-refractivity contribution in [1.29, 1.82) is 0 Å². The van der Waals surface area contributed by atoms with Crippen LogP contribution < -0.4 is 21.7 Å². The molecule has 0 saturated carbocycles. The third-order valence-corrected chi connectivity index (χ3v) is 5.43. The molecule has 9 nitrogen and oxygen atoms in total. The molecule has 214 valence electrons. The van der Waals surface area contributed by atoms with Crippen molar-refractivity contribution >= 4 is 23.5 Å². The smallest absolute Gasteiger partial charge is 0.243 e. The van der Waals surface area contributed by atoms with Crippen LogP contribution in [0.2, 0.25) is 0 Å². The van der Waals surface area contributed by atoms with Gasteiger partial charge in [0, 0.05) is 19.8 Å². The zero-order chi connectivity index (χ0) is 29.1. The highest BCUT2D eigenvalue weighted by Gasteiger charge is 2.28. The molecule has 0 fully saturated rings. The summed E-state index contributed by atoms with van der Waals surface area (Å²) in [5.41, 5.74) is 6.50. The number of benzene rings is 1. The first-order valence-corrected chi connectivity index (χ1v) is 13.5. The minimum Gasteiger partial charge on any atom is -0.494 e. The van der Waals surface area contributed by atoms with E-state index >= 15 is 0 Å². The number of carbonyl (C=O) groups is 4. The second-order valence-electron chi connectivity index (χ2n) is 9.22. The summed E-state index contributed by atoms with van der Waals surface area (Å²) < 4.78 is 5.68. The van der Waals surface area contributed by atoms with Crippen LogP contribution in [0.1, 0.15) is 79.2 Å². The molecule has 0 aromatic heterocycles. The number of ketones is 1. The molecular formula is C29H48N4O5. The molecule has 0 spiro atoms. The molecule has 0 aliphatic heterocycles. The van der Waals surface area contributed by atoms with Gasteiger partial charge in [0.25, 0.3) is 0 Å². The molecule has 38 heavy (non-hydrogen) atoms. The Bertz CT molecular complexity index is 873. The van der Waals surface area contributed by atoms with E-state index in [0.717, 1.165) is 5.56 Å². The quantitative estimate of drug-likeness (QED) is 0.179. The predicted molar refractivity (Wildman–Crippen MR) is 151 cm³/mol. The molecule has 3 amide bonds. The van der Waals surface area contributed by atoms with Crippen molar-refractivity contribution in [2.24, 2.45) is 5.73 Å². The summed E-state index contributed by atoms with van der Waals surface area (Å²) in [6, 6.07) is 7.02. The fourth-order valence-corrected chi connectivity index (χ4v) is 3.66. The molecule has 0 aliphatic carbocycles. The Labute approximate surface area is 228 Å². The largest absolute Gasteiger partial charge is 0.494 e. The lowest BCUT2D eigenvalue weighted by molar-refractivity contribution is -0.132. The van der Waals surface area contributed by atoms with Crippen molar-refractivity contribution in [1.82, 2.24) is 16.0 Å². The van der Waals surface area contributed by atoms with Crippen molar-refractivity contribution in [3.8, 4) is 0 Å². The van der Waals surface area contributed by atoms with Crippen molar-refractivity contribution in [3.05, 3.63) is 48.2 Å². The molecule has 1 aromatic carbocycles. The van der Waals surface area contributed by atoms with E-state index in [1.165, 1.54) is 13.8 Å². The second-order valence-corrected chi connectivity index (χ2v) is 9.22. The molecule has 0 saturated heterocycles. The van der Waals surface area contributed by atoms with E-state index in [2.05, 4.69) is 22.5 Å². The van der Waals surface area contributed by atoms with E-state index in [1.54, 1.807) is 0 Å². The maximum Gasteiger partial charge on any atom is 0.243 e. The highest BCUT2D eigenvalue weighted by molar-refractivity contribution is 5.92. The van der Waals surface area contributed by atoms with Gasteiger partial charge in [-0.1, -0.05) is 50.8 Å². The van der Waals surface area contributed by atoms with Crippen molar-refractivity contribution < 1.29 is 23.9 Å². The SMILES string of the molecule is C=C(OC(C)C)C(CCC(C)=O)NC(=O)[C@H](CCCCN)NC(=O)C(Cc1ccccc1)NC(C)=O.CC. The fourth-order valence-electron chi connectivity index (χ4n) is 3.66. The number of carbonyl (C=O) groups excluding carboxylic acids is 4. The summed E-state index contributed by atoms with van der Waals surface area (Å²) >= 11 is 0. The van der Waals surface area contributed by atoms with Crippen LogP contribution in [0.25, 0.3) is 0 Å². The van der Waals surface area contributed by atoms with E-state index in [4.69, 9.17) is 10.5 Å². The predicted octanol–water partition coefficient (Wildman–Crippen LogP) is 3.17. The molecule has 0 aliphatic rings. The third kappa shape index (κ3) is 15.1. The van der Waals surface area contributed by atoms with Gasteiger partial charge < -0.3 is 31.2 Å². The molecule has 9 heteroatoms. The molecule has 2 unspecified atom stereocenters. The number of nitrogens with two attached hydrogens (primary N) is 1. The number of rotatable bonds is 17. The first-order chi connectivity index (χ1) is 18.0. The first kappa shape index (κ1) is 34.8. The molecule has 5 N–H and O–H groups in total. The van der Waals surface area contributed by atoms with Gasteiger partial charge in [-0.2, -0.15) is 0 Å². The Kier molecular flexibility index (Phi) is 18.2. The molecule has 0 radical (unpaired) electrons. The minimum atomic E-state index is -0.859. The normalized spacial score (nSPS) is 12.7. The lowest BCUT2D eigenvalue weighted by atomic mass is 10.0. The van der Waals surface area contributed by atoms with Crippen LogP contribution in [0.4, 0.5) is 0 Å². The van der Waals surface area contributed by atoms with Gasteiger partial charge in [0.2, 0.25) is 17.7 Å². The van der Waals surface area contributed by atoms with Crippen molar-refractivity contribution in [3.63, 3.8) is 0 Å². The number of ether oxygens (including phenoxy) is 1. The van der Waals surface area contributed by atoms with E-state index in [1.807, 2.05) is 58.0 Å². The van der Waals surface area contributed by atoms with Gasteiger partial charge in [-0.25, -0.2) is 0 Å². The van der Waals surface area contributed by atoms with Crippen LogP contribution in [0.3, 0.4) is 0 Å². The number of hydrogen-bond acceptors (Lipinski definition) is 6. The van der Waals surface area contributed by atoms with Gasteiger partial charge in [0.15, 0.2) is 0 Å². The Hall–Kier alpha value is -3.20. The van der Waals surface area contributed by atoms with Crippen LogP contribution in [0, 0.1) is 0 Å². The fraction of sp³-hybridized carbons (Fsp3) is 0.586. The summed E-state index contributed by atoms with van der Waals surface area (Å²) in [5.74, 6) is -0.879. The minimum absolute atomic E-state index is 0.0153. The Balaban J connectivity index is 0.00000667. The van der Waals surface area contributed by atoms with Gasteiger partial charge in [0.1, 0.15) is 23.6 Å². The van der Waals surface area contributed by atoms with Gasteiger partial charge in [-0.3, -0.25) is 14.4 Å². The Morgan fingerprint density at radius 2 is 1.45 bits per heavy atom. The monoisotopic (exact) mass is 532 g/mol. The number of Topliss-reactive ketones (excluding diaryl/α,β-unsaturated/α-hetero) is 1.